The molecule has 0 saturated heterocycles. The molecule has 0 aliphatic carbocycles. The van der Waals surface area contributed by atoms with E-state index >= 15 is 0 Å². The van der Waals surface area contributed by atoms with Crippen molar-refractivity contribution in [1.29, 1.82) is 0 Å². The highest BCUT2D eigenvalue weighted by Crippen LogP contribution is 2.28. The molecule has 2 heterocycles. The summed E-state index contributed by atoms with van der Waals surface area (Å²) in [5, 5.41) is 0.901. The van der Waals surface area contributed by atoms with Gasteiger partial charge in [-0.25, -0.2) is 9.78 Å². The van der Waals surface area contributed by atoms with Crippen molar-refractivity contribution < 1.29 is 0 Å². The number of halogens is 2. The third-order valence-electron chi connectivity index (χ3n) is 2.94. The van der Waals surface area contributed by atoms with Crippen molar-refractivity contribution in [1.82, 2.24) is 19.5 Å². The van der Waals surface area contributed by atoms with Crippen LogP contribution in [0.1, 0.15) is 0 Å². The van der Waals surface area contributed by atoms with E-state index in [4.69, 9.17) is 23.2 Å². The van der Waals surface area contributed by atoms with E-state index in [1.165, 1.54) is 11.6 Å². The predicted octanol–water partition coefficient (Wildman–Crippen LogP) is 1.92. The summed E-state index contributed by atoms with van der Waals surface area (Å²) in [6.07, 6.45) is 0. The van der Waals surface area contributed by atoms with Gasteiger partial charge in [-0.2, -0.15) is 0 Å². The molecule has 0 atom stereocenters. The summed E-state index contributed by atoms with van der Waals surface area (Å²) in [5.41, 5.74) is 0.0293. The molecule has 0 saturated carbocycles. The summed E-state index contributed by atoms with van der Waals surface area (Å²) in [4.78, 5) is 32.6. The number of aryl methyl sites for hydroxylation is 1. The van der Waals surface area contributed by atoms with E-state index in [0.717, 1.165) is 0 Å². The molecule has 8 heteroatoms. The number of imidazole rings is 1. The van der Waals surface area contributed by atoms with E-state index in [1.54, 1.807) is 18.2 Å². The van der Waals surface area contributed by atoms with E-state index < -0.39 is 11.2 Å². The molecule has 0 radical (unpaired) electrons. The number of H-pyrrole nitrogens is 2. The quantitative estimate of drug-likeness (QED) is 0.720. The van der Waals surface area contributed by atoms with Crippen LogP contribution in [0.5, 0.6) is 0 Å². The highest BCUT2D eigenvalue weighted by atomic mass is 35.5. The van der Waals surface area contributed by atoms with Crippen LogP contribution < -0.4 is 11.2 Å². The maximum Gasteiger partial charge on any atom is 0.329 e. The van der Waals surface area contributed by atoms with E-state index in [2.05, 4.69) is 15.0 Å². The van der Waals surface area contributed by atoms with Gasteiger partial charge in [-0.05, 0) is 18.2 Å². The molecule has 0 spiro atoms. The first kappa shape index (κ1) is 13.0. The summed E-state index contributed by atoms with van der Waals surface area (Å²) in [6.45, 7) is 0. The Morgan fingerprint density at radius 1 is 1.20 bits per heavy atom. The number of rotatable bonds is 1. The Balaban J connectivity index is 2.34. The smallest absolute Gasteiger partial charge is 0.329 e. The van der Waals surface area contributed by atoms with Crippen LogP contribution in [-0.2, 0) is 7.05 Å². The fourth-order valence-electron chi connectivity index (χ4n) is 1.91. The Hall–Kier alpha value is -2.05. The predicted molar refractivity (Wildman–Crippen MR) is 77.4 cm³/mol. The monoisotopic (exact) mass is 310 g/mol. The van der Waals surface area contributed by atoms with Gasteiger partial charge in [0, 0.05) is 17.6 Å². The van der Waals surface area contributed by atoms with E-state index in [-0.39, 0.29) is 11.2 Å². The van der Waals surface area contributed by atoms with Gasteiger partial charge in [0.05, 0.1) is 5.02 Å². The Kier molecular flexibility index (Phi) is 2.92. The molecule has 0 fully saturated rings. The molecule has 3 rings (SSSR count). The SMILES string of the molecule is Cn1c(=O)[nH]c(=O)c2[nH]c(-c3ccc(Cl)cc3Cl)nc21. The average molecular weight is 311 g/mol. The molecule has 0 aliphatic heterocycles. The largest absolute Gasteiger partial charge is 0.332 e. The lowest BCUT2D eigenvalue weighted by Crippen LogP contribution is -2.28. The van der Waals surface area contributed by atoms with Gasteiger partial charge in [0.1, 0.15) is 11.3 Å². The van der Waals surface area contributed by atoms with E-state index in [9.17, 15) is 9.59 Å². The summed E-state index contributed by atoms with van der Waals surface area (Å²) in [5.74, 6) is 0.397. The lowest BCUT2D eigenvalue weighted by molar-refractivity contribution is 0.832. The molecule has 0 unspecified atom stereocenters. The topological polar surface area (TPSA) is 83.5 Å². The average Bonchev–Trinajstić information content (AvgIpc) is 2.81. The summed E-state index contributed by atoms with van der Waals surface area (Å²) in [6, 6.07) is 4.93. The third kappa shape index (κ3) is 1.93. The van der Waals surface area contributed by atoms with Crippen LogP contribution in [0.15, 0.2) is 27.8 Å². The molecular formula is C12H8Cl2N4O2. The van der Waals surface area contributed by atoms with Crippen LogP contribution in [0.3, 0.4) is 0 Å². The highest BCUT2D eigenvalue weighted by molar-refractivity contribution is 6.36. The maximum atomic E-state index is 11.7. The minimum Gasteiger partial charge on any atom is -0.332 e. The zero-order valence-corrected chi connectivity index (χ0v) is 11.7. The van der Waals surface area contributed by atoms with Crippen LogP contribution in [0.2, 0.25) is 10.0 Å². The maximum absolute atomic E-state index is 11.7. The lowest BCUT2D eigenvalue weighted by Gasteiger charge is -2.00. The first-order valence-electron chi connectivity index (χ1n) is 5.62. The molecule has 3 aromatic rings. The van der Waals surface area contributed by atoms with Crippen LogP contribution in [-0.4, -0.2) is 19.5 Å². The molecule has 1 aromatic carbocycles. The van der Waals surface area contributed by atoms with Crippen molar-refractivity contribution in [3.05, 3.63) is 49.1 Å². The molecule has 6 nitrogen and oxygen atoms in total. The van der Waals surface area contributed by atoms with Gasteiger partial charge in [-0.1, -0.05) is 23.2 Å². The Labute approximate surface area is 122 Å². The molecule has 0 aliphatic rings. The van der Waals surface area contributed by atoms with Crippen LogP contribution in [0.25, 0.3) is 22.6 Å². The minimum atomic E-state index is -0.525. The second kappa shape index (κ2) is 4.50. The zero-order valence-electron chi connectivity index (χ0n) is 10.2. The second-order valence-corrected chi connectivity index (χ2v) is 5.07. The van der Waals surface area contributed by atoms with Crippen molar-refractivity contribution in [3.8, 4) is 11.4 Å². The normalized spacial score (nSPS) is 11.2. The minimum absolute atomic E-state index is 0.216. The fraction of sp³-hybridized carbons (Fsp3) is 0.0833. The van der Waals surface area contributed by atoms with Gasteiger partial charge in [-0.15, -0.1) is 0 Å². The van der Waals surface area contributed by atoms with Gasteiger partial charge < -0.3 is 4.98 Å². The third-order valence-corrected chi connectivity index (χ3v) is 3.49. The highest BCUT2D eigenvalue weighted by Gasteiger charge is 2.14. The summed E-state index contributed by atoms with van der Waals surface area (Å²) < 4.78 is 1.25. The molecule has 0 amide bonds. The van der Waals surface area contributed by atoms with Crippen molar-refractivity contribution in [2.45, 2.75) is 0 Å². The first-order chi connectivity index (χ1) is 9.47. The number of aromatic nitrogens is 4. The van der Waals surface area contributed by atoms with Crippen molar-refractivity contribution in [2.24, 2.45) is 7.05 Å². The van der Waals surface area contributed by atoms with Crippen LogP contribution >= 0.6 is 23.2 Å². The van der Waals surface area contributed by atoms with Crippen LogP contribution in [0, 0.1) is 0 Å². The van der Waals surface area contributed by atoms with Crippen molar-refractivity contribution in [3.63, 3.8) is 0 Å². The molecule has 102 valence electrons. The van der Waals surface area contributed by atoms with Crippen molar-refractivity contribution in [2.75, 3.05) is 0 Å². The number of hydrogen-bond acceptors (Lipinski definition) is 3. The molecule has 20 heavy (non-hydrogen) atoms. The number of benzene rings is 1. The summed E-state index contributed by atoms with van der Waals surface area (Å²) in [7, 11) is 1.52. The Morgan fingerprint density at radius 2 is 1.95 bits per heavy atom. The Bertz CT molecular complexity index is 939. The second-order valence-electron chi connectivity index (χ2n) is 4.23. The van der Waals surface area contributed by atoms with Crippen molar-refractivity contribution >= 4 is 34.4 Å². The van der Waals surface area contributed by atoms with Crippen LogP contribution in [0.4, 0.5) is 0 Å². The fourth-order valence-corrected chi connectivity index (χ4v) is 2.41. The summed E-state index contributed by atoms with van der Waals surface area (Å²) >= 11 is 11.9. The zero-order chi connectivity index (χ0) is 14.4. The number of aromatic amines is 2. The van der Waals surface area contributed by atoms with E-state index in [1.807, 2.05) is 0 Å². The number of hydrogen-bond donors (Lipinski definition) is 2. The van der Waals surface area contributed by atoms with Gasteiger partial charge in [0.25, 0.3) is 5.56 Å². The van der Waals surface area contributed by atoms with Gasteiger partial charge in [0.15, 0.2) is 5.65 Å². The number of fused-ring (bicyclic) bond motifs is 1. The number of nitrogens with one attached hydrogen (secondary N) is 2. The van der Waals surface area contributed by atoms with Gasteiger partial charge >= 0.3 is 5.69 Å². The first-order valence-corrected chi connectivity index (χ1v) is 6.37. The van der Waals surface area contributed by atoms with Gasteiger partial charge in [0.2, 0.25) is 0 Å². The molecule has 0 bridgehead atoms. The molecule has 2 aromatic heterocycles. The number of nitrogens with zero attached hydrogens (tertiary/aromatic N) is 2. The molecular weight excluding hydrogens is 303 g/mol. The molecule has 2 N–H and O–H groups in total. The Morgan fingerprint density at radius 3 is 2.65 bits per heavy atom. The van der Waals surface area contributed by atoms with Gasteiger partial charge in [-0.3, -0.25) is 14.3 Å². The standard InChI is InChI=1S/C12H8Cl2N4O2/c1-18-10-8(11(19)17-12(18)20)15-9(16-10)6-3-2-5(13)4-7(6)14/h2-4H,1H3,(H,15,16)(H,17,19,20). The van der Waals surface area contributed by atoms with E-state index in [0.29, 0.717) is 21.4 Å². The lowest BCUT2D eigenvalue weighted by atomic mass is 10.2.